The van der Waals surface area contributed by atoms with Crippen LogP contribution in [0.3, 0.4) is 0 Å². The van der Waals surface area contributed by atoms with Crippen molar-refractivity contribution in [2.45, 2.75) is 18.9 Å². The first kappa shape index (κ1) is 15.4. The predicted octanol–water partition coefficient (Wildman–Crippen LogP) is -2.03. The van der Waals surface area contributed by atoms with E-state index in [9.17, 15) is 24.0 Å². The van der Waals surface area contributed by atoms with Gasteiger partial charge in [-0.05, 0) is 6.42 Å². The number of carboxylic acid groups (broad SMARTS) is 2. The first-order valence-corrected chi connectivity index (χ1v) is 5.62. The molecular formula is C10H13N3O7. The first-order valence-electron chi connectivity index (χ1n) is 5.62. The zero-order valence-corrected chi connectivity index (χ0v) is 10.3. The van der Waals surface area contributed by atoms with Crippen molar-refractivity contribution in [1.82, 2.24) is 15.5 Å². The molecule has 1 heterocycles. The molecule has 1 rings (SSSR count). The minimum atomic E-state index is -1.40. The number of nitrogens with zero attached hydrogens (tertiary/aromatic N) is 1. The molecule has 20 heavy (non-hydrogen) atoms. The molecule has 1 aliphatic heterocycles. The summed E-state index contributed by atoms with van der Waals surface area (Å²) in [6.07, 6.45) is -0.735. The molecule has 0 saturated carbocycles. The Morgan fingerprint density at radius 2 is 1.75 bits per heavy atom. The summed E-state index contributed by atoms with van der Waals surface area (Å²) < 4.78 is 0. The van der Waals surface area contributed by atoms with E-state index >= 15 is 0 Å². The molecule has 110 valence electrons. The molecule has 0 aromatic heterocycles. The van der Waals surface area contributed by atoms with Crippen molar-refractivity contribution in [2.75, 3.05) is 13.1 Å². The molecule has 0 aromatic carbocycles. The number of urea groups is 1. The number of imide groups is 1. The van der Waals surface area contributed by atoms with Crippen LogP contribution in [0.5, 0.6) is 0 Å². The Balaban J connectivity index is 2.61. The molecule has 0 bridgehead atoms. The molecule has 4 amide bonds. The summed E-state index contributed by atoms with van der Waals surface area (Å²) in [5, 5.41) is 21.4. The lowest BCUT2D eigenvalue weighted by Gasteiger charge is -2.27. The van der Waals surface area contributed by atoms with Gasteiger partial charge in [0.15, 0.2) is 0 Å². The Labute approximate surface area is 112 Å². The van der Waals surface area contributed by atoms with Crippen molar-refractivity contribution in [1.29, 1.82) is 0 Å². The third-order valence-electron chi connectivity index (χ3n) is 2.48. The fourth-order valence-electron chi connectivity index (χ4n) is 1.55. The Morgan fingerprint density at radius 3 is 2.20 bits per heavy atom. The van der Waals surface area contributed by atoms with E-state index < -0.39 is 42.2 Å². The molecule has 0 aliphatic carbocycles. The topological polar surface area (TPSA) is 153 Å². The summed E-state index contributed by atoms with van der Waals surface area (Å²) in [5.41, 5.74) is 0. The monoisotopic (exact) mass is 287 g/mol. The van der Waals surface area contributed by atoms with Crippen LogP contribution in [0.1, 0.15) is 12.8 Å². The van der Waals surface area contributed by atoms with Gasteiger partial charge in [0.05, 0.1) is 0 Å². The van der Waals surface area contributed by atoms with E-state index in [1.54, 1.807) is 0 Å². The van der Waals surface area contributed by atoms with Crippen LogP contribution in [0, 0.1) is 0 Å². The highest BCUT2D eigenvalue weighted by molar-refractivity contribution is 6.02. The maximum absolute atomic E-state index is 11.7. The lowest BCUT2D eigenvalue weighted by atomic mass is 10.1. The number of amides is 4. The molecule has 0 radical (unpaired) electrons. The highest BCUT2D eigenvalue weighted by atomic mass is 16.4. The second-order valence-corrected chi connectivity index (χ2v) is 4.10. The minimum absolute atomic E-state index is 0.301. The highest BCUT2D eigenvalue weighted by Gasteiger charge is 2.29. The SMILES string of the molecule is O=C(O)CC[C@H](NC(=O)N1CC(=O)NC(=O)C1)C(=O)O. The number of piperazine rings is 1. The fourth-order valence-corrected chi connectivity index (χ4v) is 1.55. The van der Waals surface area contributed by atoms with Crippen molar-refractivity contribution in [3.8, 4) is 0 Å². The maximum atomic E-state index is 11.7. The highest BCUT2D eigenvalue weighted by Crippen LogP contribution is 2.01. The van der Waals surface area contributed by atoms with Crippen LogP contribution in [0.2, 0.25) is 0 Å². The van der Waals surface area contributed by atoms with E-state index in [1.165, 1.54) is 0 Å². The molecule has 10 heteroatoms. The van der Waals surface area contributed by atoms with Crippen molar-refractivity contribution in [3.63, 3.8) is 0 Å². The largest absolute Gasteiger partial charge is 0.481 e. The molecular weight excluding hydrogens is 274 g/mol. The van der Waals surface area contributed by atoms with Gasteiger partial charge in [0.2, 0.25) is 11.8 Å². The average Bonchev–Trinajstić information content (AvgIpc) is 2.32. The summed E-state index contributed by atoms with van der Waals surface area (Å²) in [7, 11) is 0. The number of hydrogen-bond acceptors (Lipinski definition) is 5. The van der Waals surface area contributed by atoms with Crippen LogP contribution < -0.4 is 10.6 Å². The van der Waals surface area contributed by atoms with Gasteiger partial charge in [-0.1, -0.05) is 0 Å². The summed E-state index contributed by atoms with van der Waals surface area (Å²) in [4.78, 5) is 56.0. The molecule has 0 spiro atoms. The smallest absolute Gasteiger partial charge is 0.326 e. The second-order valence-electron chi connectivity index (χ2n) is 4.10. The molecule has 1 atom stereocenters. The number of carbonyl (C=O) groups excluding carboxylic acids is 3. The van der Waals surface area contributed by atoms with Gasteiger partial charge in [-0.2, -0.15) is 0 Å². The van der Waals surface area contributed by atoms with Gasteiger partial charge in [0.1, 0.15) is 19.1 Å². The minimum Gasteiger partial charge on any atom is -0.481 e. The van der Waals surface area contributed by atoms with Crippen molar-refractivity contribution >= 4 is 29.8 Å². The van der Waals surface area contributed by atoms with Gasteiger partial charge in [-0.3, -0.25) is 19.7 Å². The number of aliphatic carboxylic acids is 2. The van der Waals surface area contributed by atoms with Gasteiger partial charge in [-0.25, -0.2) is 9.59 Å². The lowest BCUT2D eigenvalue weighted by Crippen LogP contribution is -2.57. The van der Waals surface area contributed by atoms with Gasteiger partial charge in [0, 0.05) is 6.42 Å². The summed E-state index contributed by atoms with van der Waals surface area (Å²) in [6.45, 7) is -0.744. The van der Waals surface area contributed by atoms with E-state index in [2.05, 4.69) is 5.32 Å². The zero-order chi connectivity index (χ0) is 15.3. The van der Waals surface area contributed by atoms with E-state index in [4.69, 9.17) is 10.2 Å². The van der Waals surface area contributed by atoms with Crippen molar-refractivity contribution < 1.29 is 34.2 Å². The Bertz CT molecular complexity index is 446. The normalized spacial score (nSPS) is 16.3. The molecule has 1 saturated heterocycles. The maximum Gasteiger partial charge on any atom is 0.326 e. The number of rotatable bonds is 5. The van der Waals surface area contributed by atoms with Crippen molar-refractivity contribution in [3.05, 3.63) is 0 Å². The van der Waals surface area contributed by atoms with Crippen LogP contribution >= 0.6 is 0 Å². The summed E-state index contributed by atoms with van der Waals surface area (Å²) in [5.74, 6) is -3.94. The second kappa shape index (κ2) is 6.50. The third-order valence-corrected chi connectivity index (χ3v) is 2.48. The summed E-state index contributed by atoms with van der Waals surface area (Å²) >= 11 is 0. The van der Waals surface area contributed by atoms with Crippen LogP contribution in [-0.2, 0) is 19.2 Å². The third kappa shape index (κ3) is 4.55. The molecule has 4 N–H and O–H groups in total. The Hall–Kier alpha value is -2.65. The number of carbonyl (C=O) groups is 5. The predicted molar refractivity (Wildman–Crippen MR) is 61.5 cm³/mol. The van der Waals surface area contributed by atoms with Crippen LogP contribution in [0.15, 0.2) is 0 Å². The van der Waals surface area contributed by atoms with Gasteiger partial charge in [0.25, 0.3) is 0 Å². The van der Waals surface area contributed by atoms with Crippen LogP contribution in [0.4, 0.5) is 4.79 Å². The van der Waals surface area contributed by atoms with E-state index in [1.807, 2.05) is 5.32 Å². The summed E-state index contributed by atoms with van der Waals surface area (Å²) in [6, 6.07) is -2.32. The first-order chi connectivity index (χ1) is 9.29. The van der Waals surface area contributed by atoms with E-state index in [-0.39, 0.29) is 19.5 Å². The molecule has 1 aliphatic rings. The molecule has 0 aromatic rings. The lowest BCUT2D eigenvalue weighted by molar-refractivity contribution is -0.140. The average molecular weight is 287 g/mol. The van der Waals surface area contributed by atoms with E-state index in [0.717, 1.165) is 4.90 Å². The Morgan fingerprint density at radius 1 is 1.20 bits per heavy atom. The number of carboxylic acids is 2. The number of hydrogen-bond donors (Lipinski definition) is 4. The molecule has 10 nitrogen and oxygen atoms in total. The standard InChI is InChI=1S/C10H13N3O7/c14-6-3-13(4-7(15)12-6)10(20)11-5(9(18)19)1-2-8(16)17/h5H,1-4H2,(H,11,20)(H,16,17)(H,18,19)(H,12,14,15)/t5-/m0/s1. The molecule has 0 unspecified atom stereocenters. The van der Waals surface area contributed by atoms with Gasteiger partial charge < -0.3 is 20.4 Å². The van der Waals surface area contributed by atoms with E-state index in [0.29, 0.717) is 0 Å². The Kier molecular flexibility index (Phi) is 5.01. The molecule has 1 fully saturated rings. The quantitative estimate of drug-likeness (QED) is 0.425. The van der Waals surface area contributed by atoms with Crippen molar-refractivity contribution in [2.24, 2.45) is 0 Å². The zero-order valence-electron chi connectivity index (χ0n) is 10.3. The van der Waals surface area contributed by atoms with Gasteiger partial charge in [-0.15, -0.1) is 0 Å². The van der Waals surface area contributed by atoms with Crippen LogP contribution in [0.25, 0.3) is 0 Å². The van der Waals surface area contributed by atoms with Crippen LogP contribution in [-0.4, -0.2) is 64.0 Å². The fraction of sp³-hybridized carbons (Fsp3) is 0.500. The van der Waals surface area contributed by atoms with Gasteiger partial charge >= 0.3 is 18.0 Å². The number of nitrogens with one attached hydrogen (secondary N) is 2.